The third-order valence-corrected chi connectivity index (χ3v) is 4.96. The third-order valence-electron chi connectivity index (χ3n) is 4.96. The zero-order valence-corrected chi connectivity index (χ0v) is 14.4. The molecule has 2 heterocycles. The average Bonchev–Trinajstić information content (AvgIpc) is 3.13. The van der Waals surface area contributed by atoms with Gasteiger partial charge in [0, 0.05) is 31.9 Å². The number of nitrogens with zero attached hydrogens (tertiary/aromatic N) is 1. The number of hydrogen-bond acceptors (Lipinski definition) is 4. The number of hydrogen-bond donors (Lipinski definition) is 1. The zero-order valence-electron chi connectivity index (χ0n) is 14.4. The topological polar surface area (TPSA) is 76.1 Å². The average molecular weight is 347 g/mol. The maximum Gasteiger partial charge on any atom is 0.341 e. The molecule has 0 aromatic heterocycles. The van der Waals surface area contributed by atoms with Crippen LogP contribution in [0.2, 0.25) is 0 Å². The largest absolute Gasteiger partial charge is 0.482 e. The van der Waals surface area contributed by atoms with E-state index in [1.165, 1.54) is 6.42 Å². The first kappa shape index (κ1) is 17.7. The summed E-state index contributed by atoms with van der Waals surface area (Å²) in [6, 6.07) is 6.70. The quantitative estimate of drug-likeness (QED) is 0.855. The van der Waals surface area contributed by atoms with Crippen LogP contribution in [-0.4, -0.2) is 54.8 Å². The fraction of sp³-hybridized carbons (Fsp3) is 0.579. The summed E-state index contributed by atoms with van der Waals surface area (Å²) in [6.45, 7) is 2.96. The number of benzene rings is 1. The number of carboxylic acids is 1. The van der Waals surface area contributed by atoms with Gasteiger partial charge in [-0.3, -0.25) is 4.79 Å². The smallest absolute Gasteiger partial charge is 0.341 e. The molecule has 136 valence electrons. The normalized spacial score (nSPS) is 23.4. The second-order valence-electron chi connectivity index (χ2n) is 6.93. The van der Waals surface area contributed by atoms with Crippen LogP contribution in [0.15, 0.2) is 24.3 Å². The van der Waals surface area contributed by atoms with Gasteiger partial charge >= 0.3 is 5.97 Å². The highest BCUT2D eigenvalue weighted by Gasteiger charge is 2.27. The Morgan fingerprint density at radius 1 is 1.20 bits per heavy atom. The van der Waals surface area contributed by atoms with Gasteiger partial charge in [-0.1, -0.05) is 0 Å². The number of ether oxygens (including phenoxy) is 2. The third kappa shape index (κ3) is 4.95. The molecular formula is C19H25NO5. The number of carbonyl (C=O) groups excluding carboxylic acids is 1. The lowest BCUT2D eigenvalue weighted by atomic mass is 9.87. The molecule has 0 bridgehead atoms. The summed E-state index contributed by atoms with van der Waals surface area (Å²) in [5.41, 5.74) is 0.618. The van der Waals surface area contributed by atoms with Crippen molar-refractivity contribution in [3.63, 3.8) is 0 Å². The lowest BCUT2D eigenvalue weighted by molar-refractivity contribution is -0.139. The molecule has 2 fully saturated rings. The van der Waals surface area contributed by atoms with Crippen LogP contribution in [-0.2, 0) is 9.53 Å². The number of carboxylic acid groups (broad SMARTS) is 1. The molecule has 3 rings (SSSR count). The molecule has 0 aliphatic carbocycles. The standard InChI is InChI=1S/C19H25NO5/c21-18(22)13-25-17-5-3-16(4-6-17)19(23)20-8-1-2-14(11-20)10-15-7-9-24-12-15/h3-6,14-15H,1-2,7-13H2,(H,21,22). The van der Waals surface area contributed by atoms with Gasteiger partial charge in [0.1, 0.15) is 5.75 Å². The van der Waals surface area contributed by atoms with E-state index in [0.29, 0.717) is 23.1 Å². The maximum absolute atomic E-state index is 12.7. The molecule has 0 radical (unpaired) electrons. The van der Waals surface area contributed by atoms with E-state index in [1.807, 2.05) is 4.90 Å². The van der Waals surface area contributed by atoms with Gasteiger partial charge in [-0.2, -0.15) is 0 Å². The molecule has 25 heavy (non-hydrogen) atoms. The minimum absolute atomic E-state index is 0.0390. The Morgan fingerprint density at radius 3 is 2.68 bits per heavy atom. The molecule has 6 nitrogen and oxygen atoms in total. The van der Waals surface area contributed by atoms with E-state index in [1.54, 1.807) is 24.3 Å². The van der Waals surface area contributed by atoms with Gasteiger partial charge in [-0.15, -0.1) is 0 Å². The van der Waals surface area contributed by atoms with Crippen molar-refractivity contribution in [2.75, 3.05) is 32.9 Å². The van der Waals surface area contributed by atoms with Gasteiger partial charge < -0.3 is 19.5 Å². The van der Waals surface area contributed by atoms with Gasteiger partial charge in [0.25, 0.3) is 5.91 Å². The zero-order chi connectivity index (χ0) is 17.6. The molecule has 0 saturated carbocycles. The molecule has 2 saturated heterocycles. The molecule has 6 heteroatoms. The van der Waals surface area contributed by atoms with Crippen LogP contribution in [0.4, 0.5) is 0 Å². The summed E-state index contributed by atoms with van der Waals surface area (Å²) in [7, 11) is 0. The molecule has 0 spiro atoms. The molecule has 2 aliphatic heterocycles. The van der Waals surface area contributed by atoms with Crippen molar-refractivity contribution >= 4 is 11.9 Å². The van der Waals surface area contributed by atoms with Crippen LogP contribution >= 0.6 is 0 Å². The van der Waals surface area contributed by atoms with Gasteiger partial charge in [0.15, 0.2) is 6.61 Å². The Hall–Kier alpha value is -2.08. The lowest BCUT2D eigenvalue weighted by Crippen LogP contribution is -2.40. The lowest BCUT2D eigenvalue weighted by Gasteiger charge is -2.34. The second-order valence-corrected chi connectivity index (χ2v) is 6.93. The monoisotopic (exact) mass is 347 g/mol. The molecule has 1 N–H and O–H groups in total. The van der Waals surface area contributed by atoms with Gasteiger partial charge in [-0.25, -0.2) is 4.79 Å². The van der Waals surface area contributed by atoms with Gasteiger partial charge in [0.2, 0.25) is 0 Å². The van der Waals surface area contributed by atoms with Crippen molar-refractivity contribution in [1.29, 1.82) is 0 Å². The predicted molar refractivity (Wildman–Crippen MR) is 91.7 cm³/mol. The van der Waals surface area contributed by atoms with Crippen molar-refractivity contribution in [3.05, 3.63) is 29.8 Å². The minimum Gasteiger partial charge on any atom is -0.482 e. The van der Waals surface area contributed by atoms with Crippen LogP contribution in [0, 0.1) is 11.8 Å². The Kier molecular flexibility index (Phi) is 5.91. The Labute approximate surface area is 147 Å². The first-order valence-electron chi connectivity index (χ1n) is 8.93. The van der Waals surface area contributed by atoms with Crippen molar-refractivity contribution in [1.82, 2.24) is 4.90 Å². The van der Waals surface area contributed by atoms with E-state index in [4.69, 9.17) is 14.6 Å². The summed E-state index contributed by atoms with van der Waals surface area (Å²) >= 11 is 0. The highest BCUT2D eigenvalue weighted by molar-refractivity contribution is 5.94. The van der Waals surface area contributed by atoms with E-state index < -0.39 is 5.97 Å². The van der Waals surface area contributed by atoms with E-state index >= 15 is 0 Å². The van der Waals surface area contributed by atoms with Crippen LogP contribution in [0.5, 0.6) is 5.75 Å². The van der Waals surface area contributed by atoms with Crippen LogP contribution < -0.4 is 4.74 Å². The molecule has 1 aromatic carbocycles. The fourth-order valence-corrected chi connectivity index (χ4v) is 3.70. The number of likely N-dealkylation sites (tertiary alicyclic amines) is 1. The molecule has 1 amide bonds. The predicted octanol–water partition coefficient (Wildman–Crippen LogP) is 2.43. The number of amides is 1. The first-order valence-corrected chi connectivity index (χ1v) is 8.93. The summed E-state index contributed by atoms with van der Waals surface area (Å²) in [5, 5.41) is 8.62. The minimum atomic E-state index is -1.02. The second kappa shape index (κ2) is 8.34. The summed E-state index contributed by atoms with van der Waals surface area (Å²) in [6.07, 6.45) is 4.51. The van der Waals surface area contributed by atoms with Crippen molar-refractivity contribution in [3.8, 4) is 5.75 Å². The van der Waals surface area contributed by atoms with E-state index in [2.05, 4.69) is 0 Å². The number of piperidine rings is 1. The number of carbonyl (C=O) groups is 2. The van der Waals surface area contributed by atoms with E-state index in [9.17, 15) is 9.59 Å². The van der Waals surface area contributed by atoms with Crippen molar-refractivity contribution in [2.45, 2.75) is 25.7 Å². The highest BCUT2D eigenvalue weighted by Crippen LogP contribution is 2.28. The maximum atomic E-state index is 12.7. The molecular weight excluding hydrogens is 322 g/mol. The number of aliphatic carboxylic acids is 1. The van der Waals surface area contributed by atoms with Gasteiger partial charge in [-0.05, 0) is 61.8 Å². The SMILES string of the molecule is O=C(O)COc1ccc(C(=O)N2CCCC(CC3CCOC3)C2)cc1. The Bertz CT molecular complexity index is 594. The Morgan fingerprint density at radius 2 is 2.00 bits per heavy atom. The summed E-state index contributed by atoms with van der Waals surface area (Å²) in [5.74, 6) is 0.675. The highest BCUT2D eigenvalue weighted by atomic mass is 16.5. The summed E-state index contributed by atoms with van der Waals surface area (Å²) < 4.78 is 10.6. The van der Waals surface area contributed by atoms with E-state index in [-0.39, 0.29) is 12.5 Å². The molecule has 2 aliphatic rings. The first-order chi connectivity index (χ1) is 12.1. The number of rotatable bonds is 6. The molecule has 2 unspecified atom stereocenters. The van der Waals surface area contributed by atoms with Crippen LogP contribution in [0.25, 0.3) is 0 Å². The van der Waals surface area contributed by atoms with Crippen LogP contribution in [0.1, 0.15) is 36.0 Å². The van der Waals surface area contributed by atoms with Gasteiger partial charge in [0.05, 0.1) is 0 Å². The molecule has 2 atom stereocenters. The fourth-order valence-electron chi connectivity index (χ4n) is 3.70. The van der Waals surface area contributed by atoms with Crippen LogP contribution in [0.3, 0.4) is 0 Å². The molecule has 1 aromatic rings. The van der Waals surface area contributed by atoms with Crippen molar-refractivity contribution in [2.24, 2.45) is 11.8 Å². The Balaban J connectivity index is 1.55. The van der Waals surface area contributed by atoms with Crippen molar-refractivity contribution < 1.29 is 24.2 Å². The summed E-state index contributed by atoms with van der Waals surface area (Å²) in [4.78, 5) is 25.2. The van der Waals surface area contributed by atoms with E-state index in [0.717, 1.165) is 45.6 Å².